The van der Waals surface area contributed by atoms with E-state index in [-0.39, 0.29) is 23.0 Å². The molecule has 0 saturated heterocycles. The maximum Gasteiger partial charge on any atom is 0.305 e. The minimum Gasteiger partial charge on any atom is -0.469 e. The van der Waals surface area contributed by atoms with Gasteiger partial charge in [0.15, 0.2) is 0 Å². The highest BCUT2D eigenvalue weighted by Gasteiger charge is 2.07. The van der Waals surface area contributed by atoms with Crippen molar-refractivity contribution in [1.29, 1.82) is 0 Å². The lowest BCUT2D eigenvalue weighted by molar-refractivity contribution is -0.427. The Morgan fingerprint density at radius 2 is 1.62 bits per heavy atom. The molecule has 0 aliphatic rings. The molecule has 0 bridgehead atoms. The van der Waals surface area contributed by atoms with Crippen molar-refractivity contribution in [1.82, 2.24) is 0 Å². The molecular formula is C21H33NO4. The first-order valence-electron chi connectivity index (χ1n) is 9.47. The summed E-state index contributed by atoms with van der Waals surface area (Å²) in [5, 5.41) is 11.0. The van der Waals surface area contributed by atoms with Crippen molar-refractivity contribution in [2.24, 2.45) is 0 Å². The molecule has 0 aliphatic heterocycles. The van der Waals surface area contributed by atoms with Crippen LogP contribution in [0.4, 0.5) is 0 Å². The molecule has 0 aromatic heterocycles. The molecule has 5 heteroatoms. The van der Waals surface area contributed by atoms with Crippen LogP contribution in [0.25, 0.3) is 0 Å². The summed E-state index contributed by atoms with van der Waals surface area (Å²) >= 11 is 0. The van der Waals surface area contributed by atoms with Gasteiger partial charge >= 0.3 is 5.97 Å². The molecular weight excluding hydrogens is 330 g/mol. The predicted molar refractivity (Wildman–Crippen MR) is 106 cm³/mol. The minimum absolute atomic E-state index is 0.171. The summed E-state index contributed by atoms with van der Waals surface area (Å²) in [5.74, 6) is -0.288. The normalized spacial score (nSPS) is 12.5. The van der Waals surface area contributed by atoms with E-state index in [1.807, 2.05) is 12.2 Å². The van der Waals surface area contributed by atoms with Crippen LogP contribution >= 0.6 is 0 Å². The number of esters is 1. The van der Waals surface area contributed by atoms with E-state index in [4.69, 9.17) is 0 Å². The molecule has 0 rings (SSSR count). The van der Waals surface area contributed by atoms with E-state index in [0.717, 1.165) is 19.3 Å². The second-order valence-electron chi connectivity index (χ2n) is 6.01. The number of methoxy groups -OCH3 is 1. The molecule has 0 aliphatic carbocycles. The number of allylic oxidation sites excluding steroid dienone is 7. The first kappa shape index (κ1) is 23.8. The zero-order valence-electron chi connectivity index (χ0n) is 16.2. The molecule has 0 N–H and O–H groups in total. The predicted octanol–water partition coefficient (Wildman–Crippen LogP) is 5.91. The van der Waals surface area contributed by atoms with Crippen molar-refractivity contribution in [3.8, 4) is 0 Å². The summed E-state index contributed by atoms with van der Waals surface area (Å²) < 4.78 is 4.54. The Hall–Kier alpha value is -2.17. The second-order valence-corrected chi connectivity index (χ2v) is 6.01. The maximum absolute atomic E-state index is 11.0. The van der Waals surface area contributed by atoms with Gasteiger partial charge in [-0.3, -0.25) is 14.9 Å². The average molecular weight is 363 g/mol. The van der Waals surface area contributed by atoms with E-state index in [1.165, 1.54) is 26.4 Å². The molecule has 5 nitrogen and oxygen atoms in total. The van der Waals surface area contributed by atoms with Gasteiger partial charge in [0.05, 0.1) is 18.5 Å². The highest BCUT2D eigenvalue weighted by atomic mass is 16.6. The molecule has 0 atom stereocenters. The molecule has 0 spiro atoms. The molecule has 0 fully saturated rings. The minimum atomic E-state index is -0.359. The third kappa shape index (κ3) is 15.4. The van der Waals surface area contributed by atoms with Crippen LogP contribution in [0.15, 0.2) is 48.2 Å². The average Bonchev–Trinajstić information content (AvgIpc) is 2.63. The number of hydrogen-bond acceptors (Lipinski definition) is 4. The van der Waals surface area contributed by atoms with Gasteiger partial charge in [0.1, 0.15) is 0 Å². The second kappa shape index (κ2) is 17.6. The first-order valence-corrected chi connectivity index (χ1v) is 9.47. The lowest BCUT2D eigenvalue weighted by atomic mass is 10.2. The van der Waals surface area contributed by atoms with Crippen LogP contribution in [-0.4, -0.2) is 18.0 Å². The number of carbonyl (C=O) groups excluding carboxylic acids is 1. The quantitative estimate of drug-likeness (QED) is 0.119. The van der Waals surface area contributed by atoms with Crippen molar-refractivity contribution < 1.29 is 14.5 Å². The van der Waals surface area contributed by atoms with Gasteiger partial charge in [-0.05, 0) is 44.6 Å². The largest absolute Gasteiger partial charge is 0.469 e. The van der Waals surface area contributed by atoms with Crippen molar-refractivity contribution >= 4 is 5.97 Å². The monoisotopic (exact) mass is 363 g/mol. The number of carbonyl (C=O) groups is 1. The van der Waals surface area contributed by atoms with Gasteiger partial charge in [-0.25, -0.2) is 0 Å². The molecule has 0 unspecified atom stereocenters. The van der Waals surface area contributed by atoms with Gasteiger partial charge in [-0.2, -0.15) is 0 Å². The van der Waals surface area contributed by atoms with Crippen LogP contribution in [0, 0.1) is 10.1 Å². The summed E-state index contributed by atoms with van der Waals surface area (Å²) in [6.45, 7) is 2.20. The summed E-state index contributed by atoms with van der Waals surface area (Å²) in [6, 6.07) is 0. The van der Waals surface area contributed by atoms with Gasteiger partial charge in [0.2, 0.25) is 5.70 Å². The fraction of sp³-hybridized carbons (Fsp3) is 0.571. The molecule has 0 heterocycles. The van der Waals surface area contributed by atoms with Gasteiger partial charge in [-0.1, -0.05) is 56.2 Å². The molecule has 0 saturated carbocycles. The highest BCUT2D eigenvalue weighted by molar-refractivity contribution is 5.69. The number of hydrogen-bond donors (Lipinski definition) is 0. The molecule has 0 aromatic carbocycles. The summed E-state index contributed by atoms with van der Waals surface area (Å²) in [5.41, 5.74) is 0.171. The van der Waals surface area contributed by atoms with E-state index in [1.54, 1.807) is 6.08 Å². The van der Waals surface area contributed by atoms with E-state index < -0.39 is 0 Å². The van der Waals surface area contributed by atoms with Crippen molar-refractivity contribution in [2.45, 2.75) is 71.1 Å². The fourth-order valence-electron chi connectivity index (χ4n) is 2.23. The van der Waals surface area contributed by atoms with Gasteiger partial charge < -0.3 is 4.74 Å². The Labute approximate surface area is 157 Å². The maximum atomic E-state index is 11.0. The standard InChI is InChI=1S/C21H33NO4/c1-3-4-5-6-7-8-9-10-11-12-13-14-17-20(22(24)25)18-15-16-19-21(23)26-2/h7-8,10-11,13-14,18H,3-6,9,12,15-17,19H2,1-2H3. The summed E-state index contributed by atoms with van der Waals surface area (Å²) in [4.78, 5) is 21.6. The zero-order chi connectivity index (χ0) is 19.5. The molecule has 26 heavy (non-hydrogen) atoms. The van der Waals surface area contributed by atoms with E-state index >= 15 is 0 Å². The molecule has 146 valence electrons. The zero-order valence-corrected chi connectivity index (χ0v) is 16.2. The fourth-order valence-corrected chi connectivity index (χ4v) is 2.23. The SMILES string of the molecule is CCCCCC=CCC=CCC=CCC(=CCCCC(=O)OC)[N+](=O)[O-]. The molecule has 0 amide bonds. The van der Waals surface area contributed by atoms with Gasteiger partial charge in [-0.15, -0.1) is 0 Å². The van der Waals surface area contributed by atoms with Gasteiger partial charge in [0, 0.05) is 6.42 Å². The third-order valence-corrected chi connectivity index (χ3v) is 3.77. The lowest BCUT2D eigenvalue weighted by Crippen LogP contribution is -2.00. The van der Waals surface area contributed by atoms with Gasteiger partial charge in [0.25, 0.3) is 0 Å². The first-order chi connectivity index (χ1) is 12.6. The van der Waals surface area contributed by atoms with Crippen LogP contribution in [-0.2, 0) is 9.53 Å². The lowest BCUT2D eigenvalue weighted by Gasteiger charge is -1.97. The van der Waals surface area contributed by atoms with E-state index in [9.17, 15) is 14.9 Å². The van der Waals surface area contributed by atoms with Crippen LogP contribution < -0.4 is 0 Å². The van der Waals surface area contributed by atoms with Crippen LogP contribution in [0.1, 0.15) is 71.1 Å². The van der Waals surface area contributed by atoms with Crippen LogP contribution in [0.3, 0.4) is 0 Å². The number of ether oxygens (including phenoxy) is 1. The van der Waals surface area contributed by atoms with E-state index in [2.05, 4.69) is 36.0 Å². The van der Waals surface area contributed by atoms with Crippen LogP contribution in [0.5, 0.6) is 0 Å². The Kier molecular flexibility index (Phi) is 16.2. The Morgan fingerprint density at radius 3 is 2.23 bits per heavy atom. The summed E-state index contributed by atoms with van der Waals surface area (Å²) in [7, 11) is 1.34. The molecule has 0 aromatic rings. The Morgan fingerprint density at radius 1 is 0.962 bits per heavy atom. The van der Waals surface area contributed by atoms with Crippen LogP contribution in [0.2, 0.25) is 0 Å². The third-order valence-electron chi connectivity index (χ3n) is 3.77. The highest BCUT2D eigenvalue weighted by Crippen LogP contribution is 2.08. The summed E-state index contributed by atoms with van der Waals surface area (Å²) in [6.07, 6.45) is 22.2. The Balaban J connectivity index is 3.97. The number of nitrogens with zero attached hydrogens (tertiary/aromatic N) is 1. The van der Waals surface area contributed by atoms with Crippen molar-refractivity contribution in [3.63, 3.8) is 0 Å². The topological polar surface area (TPSA) is 69.4 Å². The molecule has 0 radical (unpaired) electrons. The van der Waals surface area contributed by atoms with Crippen molar-refractivity contribution in [3.05, 3.63) is 58.3 Å². The smallest absolute Gasteiger partial charge is 0.305 e. The number of unbranched alkanes of at least 4 members (excludes halogenated alkanes) is 4. The van der Waals surface area contributed by atoms with E-state index in [0.29, 0.717) is 19.3 Å². The number of nitro groups is 1. The Bertz CT molecular complexity index is 504. The number of rotatable bonds is 15. The van der Waals surface area contributed by atoms with Crippen molar-refractivity contribution in [2.75, 3.05) is 7.11 Å².